The zero-order chi connectivity index (χ0) is 24.1. The first kappa shape index (κ1) is 22.5. The van der Waals surface area contributed by atoms with Crippen molar-refractivity contribution < 1.29 is 27.6 Å². The van der Waals surface area contributed by atoms with Crippen LogP contribution in [0.4, 0.5) is 23.7 Å². The van der Waals surface area contributed by atoms with Crippen molar-refractivity contribution in [1.82, 2.24) is 24.9 Å². The average Bonchev–Trinajstić information content (AvgIpc) is 3.49. The molecule has 3 aliphatic heterocycles. The van der Waals surface area contributed by atoms with Crippen molar-refractivity contribution in [1.29, 1.82) is 0 Å². The van der Waals surface area contributed by atoms with E-state index in [9.17, 15) is 27.6 Å². The second kappa shape index (κ2) is 8.48. The number of fused-ring (bicyclic) bond motifs is 1. The van der Waals surface area contributed by atoms with E-state index in [0.29, 0.717) is 37.4 Å². The van der Waals surface area contributed by atoms with Gasteiger partial charge in [-0.25, -0.2) is 18.0 Å². The number of allylic oxidation sites excluding steroid dienone is 4. The Morgan fingerprint density at radius 1 is 1.18 bits per heavy atom. The maximum atomic E-state index is 13.7. The van der Waals surface area contributed by atoms with Crippen LogP contribution >= 0.6 is 0 Å². The van der Waals surface area contributed by atoms with Crippen LogP contribution in [-0.4, -0.2) is 68.8 Å². The van der Waals surface area contributed by atoms with Gasteiger partial charge < -0.3 is 20.0 Å². The molecule has 2 fully saturated rings. The van der Waals surface area contributed by atoms with Crippen molar-refractivity contribution in [3.8, 4) is 0 Å². The van der Waals surface area contributed by atoms with E-state index in [1.165, 1.54) is 4.90 Å². The second-order valence-electron chi connectivity index (χ2n) is 9.16. The van der Waals surface area contributed by atoms with Crippen molar-refractivity contribution in [2.24, 2.45) is 0 Å². The van der Waals surface area contributed by atoms with Crippen LogP contribution in [0, 0.1) is 0 Å². The summed E-state index contributed by atoms with van der Waals surface area (Å²) in [5.74, 6) is -2.85. The van der Waals surface area contributed by atoms with Gasteiger partial charge in [-0.15, -0.1) is 0 Å². The number of carbonyl (C=O) groups is 3. The third-order valence-electron chi connectivity index (χ3n) is 6.89. The second-order valence-corrected chi connectivity index (χ2v) is 9.16. The third-order valence-corrected chi connectivity index (χ3v) is 6.89. The van der Waals surface area contributed by atoms with Crippen molar-refractivity contribution in [2.45, 2.75) is 64.0 Å². The van der Waals surface area contributed by atoms with E-state index in [1.807, 2.05) is 6.92 Å². The number of hydrogen-bond donors (Lipinski definition) is 1. The number of halogens is 3. The molecule has 3 atom stereocenters. The molecule has 2 unspecified atom stereocenters. The van der Waals surface area contributed by atoms with Crippen LogP contribution in [-0.2, 0) is 22.7 Å². The van der Waals surface area contributed by atoms with E-state index in [2.05, 4.69) is 10.4 Å². The topological polar surface area (TPSA) is 90.8 Å². The minimum Gasteiger partial charge on any atom is -0.337 e. The van der Waals surface area contributed by atoms with E-state index in [1.54, 1.807) is 20.7 Å². The van der Waals surface area contributed by atoms with Crippen LogP contribution in [0.25, 0.3) is 0 Å². The number of nitrogens with one attached hydrogen (secondary N) is 1. The Labute approximate surface area is 193 Å². The molecule has 34 heavy (non-hydrogen) atoms. The van der Waals surface area contributed by atoms with Gasteiger partial charge in [0.2, 0.25) is 11.8 Å². The Bertz CT molecular complexity index is 1120. The molecule has 1 aromatic heterocycles. The maximum Gasteiger partial charge on any atom is 0.322 e. The summed E-state index contributed by atoms with van der Waals surface area (Å²) in [4.78, 5) is 42.7. The molecule has 4 aliphatic rings. The van der Waals surface area contributed by atoms with Crippen LogP contribution in [0.1, 0.15) is 38.3 Å². The van der Waals surface area contributed by atoms with Gasteiger partial charge in [0.25, 0.3) is 0 Å². The van der Waals surface area contributed by atoms with E-state index < -0.39 is 30.3 Å². The molecule has 0 spiro atoms. The first-order valence-electron chi connectivity index (χ1n) is 11.3. The molecule has 1 aromatic rings. The first-order chi connectivity index (χ1) is 16.2. The molecule has 5 rings (SSSR count). The summed E-state index contributed by atoms with van der Waals surface area (Å²) in [6, 6.07) is -1.05. The van der Waals surface area contributed by atoms with Gasteiger partial charge in [0.1, 0.15) is 0 Å². The monoisotopic (exact) mass is 478 g/mol. The molecule has 2 saturated heterocycles. The highest BCUT2D eigenvalue weighted by molar-refractivity contribution is 5.97. The van der Waals surface area contributed by atoms with Gasteiger partial charge in [-0.05, 0) is 19.4 Å². The zero-order valence-corrected chi connectivity index (χ0v) is 18.6. The fraction of sp³-hybridized carbons (Fsp3) is 0.545. The summed E-state index contributed by atoms with van der Waals surface area (Å²) < 4.78 is 42.3. The van der Waals surface area contributed by atoms with Gasteiger partial charge in [0.15, 0.2) is 17.8 Å². The van der Waals surface area contributed by atoms with E-state index in [-0.39, 0.29) is 42.6 Å². The summed E-state index contributed by atoms with van der Waals surface area (Å²) in [6.45, 7) is 3.32. The van der Waals surface area contributed by atoms with Crippen LogP contribution < -0.4 is 10.2 Å². The molecule has 9 nitrogen and oxygen atoms in total. The number of hydrogen-bond acceptors (Lipinski definition) is 4. The molecule has 0 saturated carbocycles. The third kappa shape index (κ3) is 3.84. The van der Waals surface area contributed by atoms with Gasteiger partial charge in [-0.2, -0.15) is 5.10 Å². The highest BCUT2D eigenvalue weighted by Gasteiger charge is 2.40. The molecule has 12 heteroatoms. The molecular formula is C22H25F3N6O3. The first-order valence-corrected chi connectivity index (χ1v) is 11.3. The van der Waals surface area contributed by atoms with Crippen molar-refractivity contribution in [2.75, 3.05) is 18.0 Å². The summed E-state index contributed by atoms with van der Waals surface area (Å²) in [5.41, 5.74) is 1.20. The Balaban J connectivity index is 1.32. The number of nitrogens with zero attached hydrogens (tertiary/aromatic N) is 5. The van der Waals surface area contributed by atoms with Crippen LogP contribution in [0.3, 0.4) is 0 Å². The van der Waals surface area contributed by atoms with Gasteiger partial charge in [0, 0.05) is 38.0 Å². The maximum absolute atomic E-state index is 13.7. The fourth-order valence-electron chi connectivity index (χ4n) is 5.08. The van der Waals surface area contributed by atoms with E-state index >= 15 is 0 Å². The lowest BCUT2D eigenvalue weighted by atomic mass is 10.1. The highest BCUT2D eigenvalue weighted by atomic mass is 19.2. The number of aromatic nitrogens is 2. The summed E-state index contributed by atoms with van der Waals surface area (Å²) in [6.07, 6.45) is 1.32. The van der Waals surface area contributed by atoms with Gasteiger partial charge in [0.05, 0.1) is 42.8 Å². The largest absolute Gasteiger partial charge is 0.337 e. The number of carbonyl (C=O) groups excluding carboxylic acids is 3. The van der Waals surface area contributed by atoms with Crippen LogP contribution in [0.2, 0.25) is 0 Å². The lowest BCUT2D eigenvalue weighted by Crippen LogP contribution is -2.49. The molecule has 4 amide bonds. The van der Waals surface area contributed by atoms with E-state index in [0.717, 1.165) is 12.5 Å². The van der Waals surface area contributed by atoms with E-state index in [4.69, 9.17) is 0 Å². The van der Waals surface area contributed by atoms with Gasteiger partial charge in [-0.1, -0.05) is 0 Å². The Morgan fingerprint density at radius 2 is 1.97 bits per heavy atom. The molecule has 0 aromatic carbocycles. The predicted molar refractivity (Wildman–Crippen MR) is 114 cm³/mol. The predicted octanol–water partition coefficient (Wildman–Crippen LogP) is 2.30. The number of alkyl halides is 1. The van der Waals surface area contributed by atoms with Crippen molar-refractivity contribution in [3.05, 3.63) is 35.3 Å². The van der Waals surface area contributed by atoms with Crippen molar-refractivity contribution in [3.63, 3.8) is 0 Å². The molecule has 1 N–H and O–H groups in total. The normalized spacial score (nSPS) is 27.5. The molecule has 182 valence electrons. The lowest BCUT2D eigenvalue weighted by molar-refractivity contribution is -0.129. The summed E-state index contributed by atoms with van der Waals surface area (Å²) in [5, 5.41) is 6.87. The number of urea groups is 1. The molecule has 4 heterocycles. The molecular weight excluding hydrogens is 453 g/mol. The summed E-state index contributed by atoms with van der Waals surface area (Å²) in [7, 11) is 0. The number of anilines is 1. The molecule has 1 aliphatic carbocycles. The number of amides is 4. The SMILES string of the molecule is C[C@H]1Cn2ncc(N3CC(N4CCCC4=O)CC3=O)c2CN1C(=O)NC1=CC(F)=C(F)C(F)C1. The average molecular weight is 478 g/mol. The van der Waals surface area contributed by atoms with Gasteiger partial charge >= 0.3 is 6.03 Å². The molecule has 0 bridgehead atoms. The Hall–Kier alpha value is -3.31. The smallest absolute Gasteiger partial charge is 0.322 e. The number of rotatable bonds is 3. The van der Waals surface area contributed by atoms with Crippen LogP contribution in [0.15, 0.2) is 29.6 Å². The highest BCUT2D eigenvalue weighted by Crippen LogP contribution is 2.33. The minimum atomic E-state index is -2.14. The zero-order valence-electron chi connectivity index (χ0n) is 18.6. The van der Waals surface area contributed by atoms with Crippen molar-refractivity contribution >= 4 is 23.5 Å². The lowest BCUT2D eigenvalue weighted by Gasteiger charge is -2.35. The summed E-state index contributed by atoms with van der Waals surface area (Å²) >= 11 is 0. The fourth-order valence-corrected chi connectivity index (χ4v) is 5.08. The quantitative estimate of drug-likeness (QED) is 0.722. The minimum absolute atomic E-state index is 0.0456. The van der Waals surface area contributed by atoms with Crippen LogP contribution in [0.5, 0.6) is 0 Å². The standard InChI is InChI=1S/C22H25F3N6O3/c1-12-9-31-18(11-29(12)22(34)27-13-5-15(23)21(25)16(24)6-13)17(8-26-31)30-10-14(7-20(30)33)28-4-2-3-19(28)32/h5,8,12,14,16H,2-4,6-7,9-11H2,1H3,(H,27,34)/t12-,14?,16?/m0/s1. The molecule has 0 radical (unpaired) electrons. The van der Waals surface area contributed by atoms with Gasteiger partial charge in [-0.3, -0.25) is 14.3 Å². The Morgan fingerprint density at radius 3 is 2.68 bits per heavy atom. The number of likely N-dealkylation sites (tertiary alicyclic amines) is 1. The Kier molecular flexibility index (Phi) is 5.61.